The molecule has 2 N–H and O–H groups in total. The van der Waals surface area contributed by atoms with Gasteiger partial charge in [-0.05, 0) is 30.7 Å². The van der Waals surface area contributed by atoms with Crippen molar-refractivity contribution in [3.05, 3.63) is 59.3 Å². The van der Waals surface area contributed by atoms with E-state index in [1.54, 1.807) is 12.5 Å². The second-order valence-corrected chi connectivity index (χ2v) is 9.91. The second kappa shape index (κ2) is 11.2. The molecule has 0 radical (unpaired) electrons. The van der Waals surface area contributed by atoms with Gasteiger partial charge >= 0.3 is 0 Å². The van der Waals surface area contributed by atoms with Crippen molar-refractivity contribution in [3.63, 3.8) is 0 Å². The smallest absolute Gasteiger partial charge is 0.148 e. The summed E-state index contributed by atoms with van der Waals surface area (Å²) in [5.74, 6) is 0.0736. The summed E-state index contributed by atoms with van der Waals surface area (Å²) < 4.78 is 44.3. The van der Waals surface area contributed by atoms with Crippen LogP contribution in [0, 0.1) is 11.6 Å². The first kappa shape index (κ1) is 24.4. The number of ether oxygens (including phenoxy) is 1. The Hall–Kier alpha value is -2.69. The highest BCUT2D eigenvalue weighted by Gasteiger charge is 2.18. The van der Waals surface area contributed by atoms with E-state index in [1.165, 1.54) is 12.1 Å². The zero-order valence-corrected chi connectivity index (χ0v) is 20.1. The van der Waals surface area contributed by atoms with E-state index in [0.29, 0.717) is 37.7 Å². The Kier molecular flexibility index (Phi) is 8.02. The Labute approximate surface area is 200 Å². The third-order valence-corrected chi connectivity index (χ3v) is 6.45. The molecule has 0 saturated carbocycles. The molecule has 0 aliphatic carbocycles. The molecule has 3 aromatic rings. The number of halogens is 2. The summed E-state index contributed by atoms with van der Waals surface area (Å²) in [5, 5.41) is 6.51. The van der Waals surface area contributed by atoms with Crippen LogP contribution in [-0.4, -0.2) is 59.0 Å². The van der Waals surface area contributed by atoms with Crippen molar-refractivity contribution in [2.24, 2.45) is 0 Å². The van der Waals surface area contributed by atoms with Gasteiger partial charge < -0.3 is 20.3 Å². The van der Waals surface area contributed by atoms with Gasteiger partial charge in [0.15, 0.2) is 0 Å². The van der Waals surface area contributed by atoms with Gasteiger partial charge in [0.2, 0.25) is 0 Å². The molecule has 2 heterocycles. The number of rotatable bonds is 9. The maximum absolute atomic E-state index is 13.7. The van der Waals surface area contributed by atoms with Crippen LogP contribution in [0.1, 0.15) is 24.1 Å². The van der Waals surface area contributed by atoms with E-state index in [4.69, 9.17) is 9.72 Å². The largest absolute Gasteiger partial charge is 0.378 e. The molecule has 1 saturated heterocycles. The number of morpholine rings is 1. The number of hydrogen-bond acceptors (Lipinski definition) is 7. The molecular formula is C24H29F2N5O2S. The molecule has 1 aromatic heterocycles. The molecule has 182 valence electrons. The average molecular weight is 490 g/mol. The van der Waals surface area contributed by atoms with E-state index < -0.39 is 22.4 Å². The first-order chi connectivity index (χ1) is 16.4. The molecule has 1 aliphatic rings. The van der Waals surface area contributed by atoms with E-state index in [-0.39, 0.29) is 6.04 Å². The van der Waals surface area contributed by atoms with E-state index in [1.807, 2.05) is 19.1 Å². The summed E-state index contributed by atoms with van der Waals surface area (Å²) in [4.78, 5) is 11.7. The highest BCUT2D eigenvalue weighted by atomic mass is 32.2. The summed E-state index contributed by atoms with van der Waals surface area (Å²) in [7, 11) is -0.859. The fourth-order valence-electron chi connectivity index (χ4n) is 3.98. The van der Waals surface area contributed by atoms with Crippen LogP contribution in [0.25, 0.3) is 11.0 Å². The van der Waals surface area contributed by atoms with Crippen LogP contribution in [-0.2, 0) is 22.1 Å². The van der Waals surface area contributed by atoms with E-state index in [0.717, 1.165) is 47.1 Å². The molecule has 2 aromatic carbocycles. The highest BCUT2D eigenvalue weighted by Crippen LogP contribution is 2.29. The van der Waals surface area contributed by atoms with Gasteiger partial charge in [-0.25, -0.2) is 13.8 Å². The van der Waals surface area contributed by atoms with Crippen molar-refractivity contribution < 1.29 is 17.7 Å². The second-order valence-electron chi connectivity index (χ2n) is 8.36. The fourth-order valence-corrected chi connectivity index (χ4v) is 4.41. The molecule has 0 spiro atoms. The Morgan fingerprint density at radius 3 is 2.59 bits per heavy atom. The Balaban J connectivity index is 1.67. The van der Waals surface area contributed by atoms with Crippen molar-refractivity contribution in [2.45, 2.75) is 19.5 Å². The molecule has 1 aliphatic heterocycles. The first-order valence-electron chi connectivity index (χ1n) is 11.2. The van der Waals surface area contributed by atoms with E-state index in [9.17, 15) is 13.0 Å². The molecule has 0 amide bonds. The molecule has 2 atom stereocenters. The maximum atomic E-state index is 13.7. The summed E-state index contributed by atoms with van der Waals surface area (Å²) in [6.07, 6.45) is 3.45. The maximum Gasteiger partial charge on any atom is 0.148 e. The SMILES string of the molecule is CC(Nc1cc(F)cc(F)c1)c1cc(CNCCS(C)=O)cc2ncc(N3CCOCC3)nc12. The molecule has 0 bridgehead atoms. The molecule has 10 heteroatoms. The normalized spacial score (nSPS) is 15.9. The summed E-state index contributed by atoms with van der Waals surface area (Å²) >= 11 is 0. The van der Waals surface area contributed by atoms with Gasteiger partial charge in [0.05, 0.1) is 36.5 Å². The number of nitrogens with one attached hydrogen (secondary N) is 2. The Morgan fingerprint density at radius 1 is 1.15 bits per heavy atom. The molecule has 34 heavy (non-hydrogen) atoms. The van der Waals surface area contributed by atoms with Crippen LogP contribution in [0.5, 0.6) is 0 Å². The number of anilines is 2. The molecule has 7 nitrogen and oxygen atoms in total. The number of hydrogen-bond donors (Lipinski definition) is 2. The lowest BCUT2D eigenvalue weighted by atomic mass is 10.0. The quantitative estimate of drug-likeness (QED) is 0.446. The Morgan fingerprint density at radius 2 is 1.88 bits per heavy atom. The lowest BCUT2D eigenvalue weighted by Gasteiger charge is -2.28. The van der Waals surface area contributed by atoms with Gasteiger partial charge in [0.1, 0.15) is 17.5 Å². The predicted molar refractivity (Wildman–Crippen MR) is 132 cm³/mol. The minimum Gasteiger partial charge on any atom is -0.378 e. The van der Waals surface area contributed by atoms with Gasteiger partial charge in [0, 0.05) is 66.3 Å². The third-order valence-electron chi connectivity index (χ3n) is 5.67. The molecule has 1 fully saturated rings. The average Bonchev–Trinajstić information content (AvgIpc) is 2.80. The number of aromatic nitrogens is 2. The lowest BCUT2D eigenvalue weighted by Crippen LogP contribution is -2.36. The number of nitrogens with zero attached hydrogens (tertiary/aromatic N) is 3. The van der Waals surface area contributed by atoms with E-state index >= 15 is 0 Å². The van der Waals surface area contributed by atoms with E-state index in [2.05, 4.69) is 20.5 Å². The van der Waals surface area contributed by atoms with Gasteiger partial charge in [-0.3, -0.25) is 9.19 Å². The summed E-state index contributed by atoms with van der Waals surface area (Å²) in [6, 6.07) is 7.11. The van der Waals surface area contributed by atoms with Crippen molar-refractivity contribution in [1.29, 1.82) is 0 Å². The predicted octanol–water partition coefficient (Wildman–Crippen LogP) is 3.39. The van der Waals surface area contributed by atoms with Crippen molar-refractivity contribution >= 4 is 33.3 Å². The summed E-state index contributed by atoms with van der Waals surface area (Å²) in [6.45, 7) is 5.91. The number of benzene rings is 2. The van der Waals surface area contributed by atoms with Gasteiger partial charge in [-0.1, -0.05) is 6.07 Å². The van der Waals surface area contributed by atoms with Gasteiger partial charge in [0.25, 0.3) is 0 Å². The summed E-state index contributed by atoms with van der Waals surface area (Å²) in [5.41, 5.74) is 3.70. The highest BCUT2D eigenvalue weighted by molar-refractivity contribution is 7.84. The van der Waals surface area contributed by atoms with Crippen LogP contribution in [0.15, 0.2) is 36.5 Å². The topological polar surface area (TPSA) is 79.4 Å². The minimum atomic E-state index is -0.859. The molecular weight excluding hydrogens is 460 g/mol. The monoisotopic (exact) mass is 489 g/mol. The first-order valence-corrected chi connectivity index (χ1v) is 13.0. The van der Waals surface area contributed by atoms with Crippen LogP contribution >= 0.6 is 0 Å². The van der Waals surface area contributed by atoms with Crippen LogP contribution < -0.4 is 15.5 Å². The van der Waals surface area contributed by atoms with Crippen LogP contribution in [0.3, 0.4) is 0 Å². The molecule has 2 unspecified atom stereocenters. The zero-order valence-electron chi connectivity index (χ0n) is 19.3. The van der Waals surface area contributed by atoms with Crippen molar-refractivity contribution in [1.82, 2.24) is 15.3 Å². The van der Waals surface area contributed by atoms with Crippen molar-refractivity contribution in [2.75, 3.05) is 55.1 Å². The van der Waals surface area contributed by atoms with Crippen LogP contribution in [0.2, 0.25) is 0 Å². The lowest BCUT2D eigenvalue weighted by molar-refractivity contribution is 0.122. The fraction of sp³-hybridized carbons (Fsp3) is 0.417. The minimum absolute atomic E-state index is 0.291. The standard InChI is InChI=1S/C24H29F2N5O2S/c1-16(29-20-12-18(25)11-19(26)13-20)21-9-17(14-27-3-8-34(2)32)10-22-24(21)30-23(15-28-22)31-4-6-33-7-5-31/h9-13,15-16,27,29H,3-8,14H2,1-2H3. The third kappa shape index (κ3) is 6.25. The number of fused-ring (bicyclic) bond motifs is 1. The van der Waals surface area contributed by atoms with Crippen molar-refractivity contribution in [3.8, 4) is 0 Å². The zero-order chi connectivity index (χ0) is 24.1. The molecule has 4 rings (SSSR count). The van der Waals surface area contributed by atoms with Crippen LogP contribution in [0.4, 0.5) is 20.3 Å². The Bertz CT molecular complexity index is 1150. The van der Waals surface area contributed by atoms with Gasteiger partial charge in [-0.15, -0.1) is 0 Å². The van der Waals surface area contributed by atoms with Gasteiger partial charge in [-0.2, -0.15) is 0 Å².